The number of hydrogen-bond donors (Lipinski definition) is 3. The first-order valence-corrected chi connectivity index (χ1v) is 11.0. The Bertz CT molecular complexity index is 1150. The van der Waals surface area contributed by atoms with Gasteiger partial charge in [-0.15, -0.1) is 0 Å². The number of ketones is 1. The van der Waals surface area contributed by atoms with E-state index in [9.17, 15) is 9.59 Å². The molecule has 0 aliphatic rings. The molecule has 3 aromatic carbocycles. The molecule has 0 aromatic heterocycles. The molecule has 0 saturated heterocycles. The summed E-state index contributed by atoms with van der Waals surface area (Å²) >= 11 is 9.90. The van der Waals surface area contributed by atoms with Gasteiger partial charge in [-0.1, -0.05) is 45.7 Å². The van der Waals surface area contributed by atoms with Crippen molar-refractivity contribution >= 4 is 56.4 Å². The van der Waals surface area contributed by atoms with E-state index in [2.05, 4.69) is 31.9 Å². The Balaban J connectivity index is 1.87. The highest BCUT2D eigenvalue weighted by Crippen LogP contribution is 2.31. The minimum atomic E-state index is -0.295. The second-order valence-electron chi connectivity index (χ2n) is 7.07. The lowest BCUT2D eigenvalue weighted by Gasteiger charge is -2.15. The Kier molecular flexibility index (Phi) is 7.36. The number of benzene rings is 3. The van der Waals surface area contributed by atoms with E-state index in [0.29, 0.717) is 39.8 Å². The van der Waals surface area contributed by atoms with Crippen molar-refractivity contribution in [3.8, 4) is 0 Å². The fourth-order valence-electron chi connectivity index (χ4n) is 3.13. The molecule has 0 spiro atoms. The average molecular weight is 501 g/mol. The van der Waals surface area contributed by atoms with Gasteiger partial charge < -0.3 is 16.0 Å². The average Bonchev–Trinajstić information content (AvgIpc) is 2.72. The minimum Gasteiger partial charge on any atom is -0.354 e. The second kappa shape index (κ2) is 9.98. The van der Waals surface area contributed by atoms with Crippen molar-refractivity contribution < 1.29 is 9.59 Å². The van der Waals surface area contributed by atoms with Crippen LogP contribution in [0, 0.1) is 13.8 Å². The SMILES string of the molecule is CCNC(=O)Nc1cc(Br)ccc1Nc1ccc(C(=O)c2cccc(C)c2C)c(Cl)c1. The Morgan fingerprint density at radius 2 is 1.74 bits per heavy atom. The van der Waals surface area contributed by atoms with E-state index >= 15 is 0 Å². The van der Waals surface area contributed by atoms with E-state index in [4.69, 9.17) is 11.6 Å². The van der Waals surface area contributed by atoms with Crippen LogP contribution in [-0.4, -0.2) is 18.4 Å². The number of carbonyl (C=O) groups excluding carboxylic acids is 2. The standard InChI is InChI=1S/C24H23BrClN3O2/c1-4-27-24(31)29-22-12-16(25)8-11-21(22)28-17-9-10-19(20(26)13-17)23(30)18-7-5-6-14(2)15(18)3/h5-13,28H,4H2,1-3H3,(H2,27,29,31). The monoisotopic (exact) mass is 499 g/mol. The van der Waals surface area contributed by atoms with Crippen molar-refractivity contribution in [2.24, 2.45) is 0 Å². The van der Waals surface area contributed by atoms with Gasteiger partial charge in [0.1, 0.15) is 0 Å². The fraction of sp³-hybridized carbons (Fsp3) is 0.167. The van der Waals surface area contributed by atoms with E-state index < -0.39 is 0 Å². The highest BCUT2D eigenvalue weighted by molar-refractivity contribution is 9.10. The number of aryl methyl sites for hydroxylation is 1. The lowest BCUT2D eigenvalue weighted by atomic mass is 9.96. The van der Waals surface area contributed by atoms with Crippen molar-refractivity contribution in [3.63, 3.8) is 0 Å². The number of urea groups is 1. The van der Waals surface area contributed by atoms with E-state index in [1.54, 1.807) is 24.3 Å². The molecule has 0 aliphatic carbocycles. The summed E-state index contributed by atoms with van der Waals surface area (Å²) in [4.78, 5) is 25.0. The van der Waals surface area contributed by atoms with Crippen molar-refractivity contribution in [3.05, 3.63) is 86.3 Å². The van der Waals surface area contributed by atoms with E-state index in [-0.39, 0.29) is 11.8 Å². The Labute approximate surface area is 195 Å². The number of hydrogen-bond acceptors (Lipinski definition) is 3. The largest absolute Gasteiger partial charge is 0.354 e. The maximum absolute atomic E-state index is 13.0. The maximum Gasteiger partial charge on any atom is 0.319 e. The van der Waals surface area contributed by atoms with Crippen molar-refractivity contribution in [1.29, 1.82) is 0 Å². The molecule has 0 unspecified atom stereocenters. The van der Waals surface area contributed by atoms with Crippen LogP contribution in [0.25, 0.3) is 0 Å². The third kappa shape index (κ3) is 5.46. The van der Waals surface area contributed by atoms with Crippen molar-refractivity contribution in [2.45, 2.75) is 20.8 Å². The van der Waals surface area contributed by atoms with Gasteiger partial charge in [-0.3, -0.25) is 4.79 Å². The normalized spacial score (nSPS) is 10.5. The second-order valence-corrected chi connectivity index (χ2v) is 8.39. The fourth-order valence-corrected chi connectivity index (χ4v) is 3.76. The summed E-state index contributed by atoms with van der Waals surface area (Å²) in [6, 6.07) is 16.1. The predicted molar refractivity (Wildman–Crippen MR) is 131 cm³/mol. The van der Waals surface area contributed by atoms with Crippen LogP contribution in [0.1, 0.15) is 34.0 Å². The molecule has 3 N–H and O–H groups in total. The molecule has 0 saturated carbocycles. The van der Waals surface area contributed by atoms with Gasteiger partial charge in [0, 0.05) is 27.8 Å². The molecule has 0 atom stereocenters. The lowest BCUT2D eigenvalue weighted by Crippen LogP contribution is -2.28. The Morgan fingerprint density at radius 3 is 2.45 bits per heavy atom. The molecule has 31 heavy (non-hydrogen) atoms. The molecular formula is C24H23BrClN3O2. The molecule has 0 heterocycles. The first-order chi connectivity index (χ1) is 14.8. The quantitative estimate of drug-likeness (QED) is 0.325. The number of carbonyl (C=O) groups is 2. The first kappa shape index (κ1) is 22.8. The number of rotatable bonds is 6. The highest BCUT2D eigenvalue weighted by atomic mass is 79.9. The predicted octanol–water partition coefficient (Wildman–Crippen LogP) is 6.84. The van der Waals surface area contributed by atoms with Crippen LogP contribution in [0.4, 0.5) is 21.9 Å². The van der Waals surface area contributed by atoms with Crippen LogP contribution in [0.2, 0.25) is 5.02 Å². The van der Waals surface area contributed by atoms with Gasteiger partial charge in [-0.05, 0) is 68.3 Å². The smallest absolute Gasteiger partial charge is 0.319 e. The molecule has 2 amide bonds. The van der Waals surface area contributed by atoms with Gasteiger partial charge in [0.25, 0.3) is 0 Å². The van der Waals surface area contributed by atoms with Crippen LogP contribution in [-0.2, 0) is 0 Å². The molecule has 0 bridgehead atoms. The summed E-state index contributed by atoms with van der Waals surface area (Å²) in [6.45, 7) is 6.28. The van der Waals surface area contributed by atoms with Crippen molar-refractivity contribution in [1.82, 2.24) is 5.32 Å². The number of amides is 2. The molecule has 0 radical (unpaired) electrons. The van der Waals surface area contributed by atoms with Crippen molar-refractivity contribution in [2.75, 3.05) is 17.2 Å². The Hall–Kier alpha value is -2.83. The topological polar surface area (TPSA) is 70.2 Å². The molecule has 3 rings (SSSR count). The van der Waals surface area contributed by atoms with Gasteiger partial charge in [-0.25, -0.2) is 4.79 Å². The summed E-state index contributed by atoms with van der Waals surface area (Å²) in [7, 11) is 0. The minimum absolute atomic E-state index is 0.111. The molecule has 0 fully saturated rings. The van der Waals surface area contributed by atoms with E-state index in [1.807, 2.05) is 51.1 Å². The molecule has 3 aromatic rings. The van der Waals surface area contributed by atoms with Crippen LogP contribution in [0.3, 0.4) is 0 Å². The van der Waals surface area contributed by atoms with E-state index in [0.717, 1.165) is 15.6 Å². The zero-order chi connectivity index (χ0) is 22.5. The summed E-state index contributed by atoms with van der Waals surface area (Å²) < 4.78 is 0.831. The summed E-state index contributed by atoms with van der Waals surface area (Å²) in [6.07, 6.45) is 0. The molecule has 7 heteroatoms. The highest BCUT2D eigenvalue weighted by Gasteiger charge is 2.16. The number of halogens is 2. The van der Waals surface area contributed by atoms with Gasteiger partial charge in [0.05, 0.1) is 16.4 Å². The Morgan fingerprint density at radius 1 is 0.968 bits per heavy atom. The van der Waals surface area contributed by atoms with Crippen LogP contribution in [0.5, 0.6) is 0 Å². The summed E-state index contributed by atoms with van der Waals surface area (Å²) in [5, 5.41) is 9.13. The lowest BCUT2D eigenvalue weighted by molar-refractivity contribution is 0.103. The van der Waals surface area contributed by atoms with Gasteiger partial charge in [0.2, 0.25) is 0 Å². The summed E-state index contributed by atoms with van der Waals surface area (Å²) in [5.41, 5.74) is 5.08. The number of anilines is 3. The van der Waals surface area contributed by atoms with Crippen LogP contribution >= 0.6 is 27.5 Å². The molecule has 0 aliphatic heterocycles. The first-order valence-electron chi connectivity index (χ1n) is 9.82. The number of nitrogens with one attached hydrogen (secondary N) is 3. The van der Waals surface area contributed by atoms with Gasteiger partial charge in [0.15, 0.2) is 5.78 Å². The van der Waals surface area contributed by atoms with Crippen LogP contribution in [0.15, 0.2) is 59.1 Å². The molecule has 5 nitrogen and oxygen atoms in total. The zero-order valence-corrected chi connectivity index (χ0v) is 19.8. The van der Waals surface area contributed by atoms with E-state index in [1.165, 1.54) is 0 Å². The van der Waals surface area contributed by atoms with Crippen LogP contribution < -0.4 is 16.0 Å². The zero-order valence-electron chi connectivity index (χ0n) is 17.5. The van der Waals surface area contributed by atoms with Gasteiger partial charge >= 0.3 is 6.03 Å². The third-order valence-electron chi connectivity index (χ3n) is 4.91. The van der Waals surface area contributed by atoms with Gasteiger partial charge in [-0.2, -0.15) is 0 Å². The third-order valence-corrected chi connectivity index (χ3v) is 5.72. The summed E-state index contributed by atoms with van der Waals surface area (Å²) in [5.74, 6) is -0.111. The molecule has 160 valence electrons. The maximum atomic E-state index is 13.0. The molecular weight excluding hydrogens is 478 g/mol.